The number of aromatic amines is 1. The molecule has 3 rings (SSSR count). The summed E-state index contributed by atoms with van der Waals surface area (Å²) in [5.41, 5.74) is 2.57. The third-order valence-corrected chi connectivity index (χ3v) is 4.19. The molecule has 0 bridgehead atoms. The minimum atomic E-state index is 0.395. The molecule has 0 atom stereocenters. The quantitative estimate of drug-likeness (QED) is 0.843. The van der Waals surface area contributed by atoms with Gasteiger partial charge in [0, 0.05) is 26.5 Å². The van der Waals surface area contributed by atoms with Crippen molar-refractivity contribution in [2.24, 2.45) is 5.41 Å². The third kappa shape index (κ3) is 2.08. The van der Waals surface area contributed by atoms with Crippen LogP contribution in [0.2, 0.25) is 0 Å². The Balaban J connectivity index is 1.91. The summed E-state index contributed by atoms with van der Waals surface area (Å²) in [5, 5.41) is 0. The molecule has 0 spiro atoms. The number of methoxy groups -OCH3 is 1. The van der Waals surface area contributed by atoms with Crippen molar-refractivity contribution >= 4 is 23.3 Å². The first-order valence-electron chi connectivity index (χ1n) is 6.26. The number of pyridine rings is 1. The lowest BCUT2D eigenvalue weighted by molar-refractivity contribution is 0.167. The highest BCUT2D eigenvalue weighted by molar-refractivity contribution is 7.71. The minimum absolute atomic E-state index is 0.395. The standard InChI is InChI=1S/C13H17N3OS/c1-17-7-5-13(3-4-13)9-16-11-2-6-14-8-10(11)15-12(16)18/h2,6,8H,3-5,7,9H2,1H3,(H,15,18). The van der Waals surface area contributed by atoms with E-state index >= 15 is 0 Å². The van der Waals surface area contributed by atoms with Crippen molar-refractivity contribution in [3.05, 3.63) is 23.2 Å². The van der Waals surface area contributed by atoms with Gasteiger partial charge in [-0.15, -0.1) is 0 Å². The van der Waals surface area contributed by atoms with E-state index in [1.807, 2.05) is 18.5 Å². The lowest BCUT2D eigenvalue weighted by atomic mass is 10.0. The van der Waals surface area contributed by atoms with Crippen LogP contribution in [0.4, 0.5) is 0 Å². The zero-order valence-corrected chi connectivity index (χ0v) is 11.3. The van der Waals surface area contributed by atoms with Crippen LogP contribution in [-0.4, -0.2) is 28.3 Å². The van der Waals surface area contributed by atoms with Crippen molar-refractivity contribution in [2.45, 2.75) is 25.8 Å². The number of hydrogen-bond donors (Lipinski definition) is 1. The Morgan fingerprint density at radius 3 is 3.11 bits per heavy atom. The van der Waals surface area contributed by atoms with Crippen LogP contribution >= 0.6 is 12.2 Å². The summed E-state index contributed by atoms with van der Waals surface area (Å²) < 4.78 is 8.20. The molecule has 96 valence electrons. The van der Waals surface area contributed by atoms with Crippen molar-refractivity contribution in [2.75, 3.05) is 13.7 Å². The number of aromatic nitrogens is 3. The number of fused-ring (bicyclic) bond motifs is 1. The Labute approximate surface area is 111 Å². The number of hydrogen-bond acceptors (Lipinski definition) is 3. The fraction of sp³-hybridized carbons (Fsp3) is 0.538. The van der Waals surface area contributed by atoms with E-state index in [4.69, 9.17) is 17.0 Å². The summed E-state index contributed by atoms with van der Waals surface area (Å²) >= 11 is 5.41. The van der Waals surface area contributed by atoms with Crippen LogP contribution in [0.1, 0.15) is 19.3 Å². The van der Waals surface area contributed by atoms with Gasteiger partial charge in [0.2, 0.25) is 0 Å². The highest BCUT2D eigenvalue weighted by atomic mass is 32.1. The number of H-pyrrole nitrogens is 1. The number of nitrogens with one attached hydrogen (secondary N) is 1. The van der Waals surface area contributed by atoms with Gasteiger partial charge in [-0.1, -0.05) is 0 Å². The van der Waals surface area contributed by atoms with E-state index < -0.39 is 0 Å². The van der Waals surface area contributed by atoms with Gasteiger partial charge in [-0.2, -0.15) is 0 Å². The molecule has 1 aliphatic carbocycles. The first kappa shape index (κ1) is 11.9. The normalized spacial score (nSPS) is 17.2. The summed E-state index contributed by atoms with van der Waals surface area (Å²) in [6.07, 6.45) is 7.31. The lowest BCUT2D eigenvalue weighted by Gasteiger charge is -2.15. The van der Waals surface area contributed by atoms with Gasteiger partial charge in [0.15, 0.2) is 4.77 Å². The van der Waals surface area contributed by atoms with Crippen LogP contribution in [0.3, 0.4) is 0 Å². The maximum atomic E-state index is 5.41. The van der Waals surface area contributed by atoms with Crippen molar-refractivity contribution in [3.8, 4) is 0 Å². The molecule has 0 unspecified atom stereocenters. The fourth-order valence-corrected chi connectivity index (χ4v) is 2.76. The summed E-state index contributed by atoms with van der Waals surface area (Å²) in [6.45, 7) is 1.82. The zero-order chi connectivity index (χ0) is 12.6. The molecule has 2 aromatic rings. The molecule has 0 saturated heterocycles. The Hall–Kier alpha value is -1.20. The lowest BCUT2D eigenvalue weighted by Crippen LogP contribution is -2.14. The van der Waals surface area contributed by atoms with E-state index in [1.165, 1.54) is 12.8 Å². The predicted octanol–water partition coefficient (Wildman–Crippen LogP) is 2.91. The number of nitrogens with zero attached hydrogens (tertiary/aromatic N) is 2. The van der Waals surface area contributed by atoms with Gasteiger partial charge in [0.1, 0.15) is 0 Å². The van der Waals surface area contributed by atoms with Gasteiger partial charge in [0.05, 0.1) is 17.2 Å². The monoisotopic (exact) mass is 263 g/mol. The molecule has 1 fully saturated rings. The van der Waals surface area contributed by atoms with E-state index in [1.54, 1.807) is 7.11 Å². The molecule has 0 radical (unpaired) electrons. The SMILES string of the molecule is COCCC1(Cn2c(=S)[nH]c3cnccc32)CC1. The summed E-state index contributed by atoms with van der Waals surface area (Å²) in [4.78, 5) is 7.34. The minimum Gasteiger partial charge on any atom is -0.385 e. The Morgan fingerprint density at radius 2 is 2.39 bits per heavy atom. The molecule has 0 amide bonds. The van der Waals surface area contributed by atoms with E-state index in [-0.39, 0.29) is 0 Å². The zero-order valence-electron chi connectivity index (χ0n) is 10.5. The Kier molecular flexibility index (Phi) is 2.95. The first-order chi connectivity index (χ1) is 8.74. The summed E-state index contributed by atoms with van der Waals surface area (Å²) in [5.74, 6) is 0. The molecule has 5 heteroatoms. The Morgan fingerprint density at radius 1 is 1.56 bits per heavy atom. The van der Waals surface area contributed by atoms with Crippen LogP contribution in [0.15, 0.2) is 18.5 Å². The number of rotatable bonds is 5. The predicted molar refractivity (Wildman–Crippen MR) is 73.1 cm³/mol. The third-order valence-electron chi connectivity index (χ3n) is 3.86. The Bertz CT molecular complexity index is 612. The largest absolute Gasteiger partial charge is 0.385 e. The molecule has 1 saturated carbocycles. The van der Waals surface area contributed by atoms with Gasteiger partial charge < -0.3 is 14.3 Å². The van der Waals surface area contributed by atoms with Crippen LogP contribution in [0, 0.1) is 10.2 Å². The smallest absolute Gasteiger partial charge is 0.178 e. The molecular weight excluding hydrogens is 246 g/mol. The molecule has 0 aliphatic heterocycles. The summed E-state index contributed by atoms with van der Waals surface area (Å²) in [6, 6.07) is 2.02. The van der Waals surface area contributed by atoms with Crippen LogP contribution in [0.25, 0.3) is 11.0 Å². The van der Waals surface area contributed by atoms with E-state index in [9.17, 15) is 0 Å². The van der Waals surface area contributed by atoms with Crippen molar-refractivity contribution in [1.82, 2.24) is 14.5 Å². The first-order valence-corrected chi connectivity index (χ1v) is 6.66. The molecular formula is C13H17N3OS. The van der Waals surface area contributed by atoms with Gasteiger partial charge in [-0.3, -0.25) is 4.98 Å². The maximum absolute atomic E-state index is 5.41. The van der Waals surface area contributed by atoms with E-state index in [0.29, 0.717) is 5.41 Å². The number of imidazole rings is 1. The van der Waals surface area contributed by atoms with Gasteiger partial charge >= 0.3 is 0 Å². The van der Waals surface area contributed by atoms with Crippen molar-refractivity contribution in [1.29, 1.82) is 0 Å². The van der Waals surface area contributed by atoms with Crippen LogP contribution in [0.5, 0.6) is 0 Å². The summed E-state index contributed by atoms with van der Waals surface area (Å²) in [7, 11) is 1.76. The molecule has 2 heterocycles. The van der Waals surface area contributed by atoms with Crippen molar-refractivity contribution in [3.63, 3.8) is 0 Å². The van der Waals surface area contributed by atoms with E-state index in [0.717, 1.165) is 35.4 Å². The molecule has 4 nitrogen and oxygen atoms in total. The van der Waals surface area contributed by atoms with Gasteiger partial charge in [-0.25, -0.2) is 0 Å². The second-order valence-electron chi connectivity index (χ2n) is 5.15. The number of ether oxygens (including phenoxy) is 1. The average molecular weight is 263 g/mol. The molecule has 2 aromatic heterocycles. The maximum Gasteiger partial charge on any atom is 0.178 e. The molecule has 18 heavy (non-hydrogen) atoms. The highest BCUT2D eigenvalue weighted by Gasteiger charge is 2.42. The topological polar surface area (TPSA) is 42.8 Å². The van der Waals surface area contributed by atoms with E-state index in [2.05, 4.69) is 14.5 Å². The molecule has 1 aliphatic rings. The molecule has 1 N–H and O–H groups in total. The fourth-order valence-electron chi connectivity index (χ4n) is 2.49. The van der Waals surface area contributed by atoms with Crippen LogP contribution < -0.4 is 0 Å². The van der Waals surface area contributed by atoms with Gasteiger partial charge in [0.25, 0.3) is 0 Å². The van der Waals surface area contributed by atoms with Crippen molar-refractivity contribution < 1.29 is 4.74 Å². The second-order valence-corrected chi connectivity index (χ2v) is 5.54. The second kappa shape index (κ2) is 4.48. The van der Waals surface area contributed by atoms with Crippen LogP contribution in [-0.2, 0) is 11.3 Å². The average Bonchev–Trinajstić information content (AvgIpc) is 3.08. The highest BCUT2D eigenvalue weighted by Crippen LogP contribution is 2.50. The van der Waals surface area contributed by atoms with Gasteiger partial charge in [-0.05, 0) is 43.0 Å². The molecule has 0 aromatic carbocycles.